The Hall–Kier alpha value is -1.65. The number of carboxylic acids is 1. The SMILES string of the molecule is Cc1nccc(OC(C)C(=O)O)n1. The van der Waals surface area contributed by atoms with E-state index in [2.05, 4.69) is 9.97 Å². The van der Waals surface area contributed by atoms with Gasteiger partial charge in [0, 0.05) is 12.3 Å². The van der Waals surface area contributed by atoms with Gasteiger partial charge in [-0.05, 0) is 13.8 Å². The molecule has 0 amide bonds. The summed E-state index contributed by atoms with van der Waals surface area (Å²) < 4.78 is 5.01. The molecule has 1 atom stereocenters. The number of hydrogen-bond acceptors (Lipinski definition) is 4. The van der Waals surface area contributed by atoms with Crippen molar-refractivity contribution in [3.63, 3.8) is 0 Å². The molecule has 1 N–H and O–H groups in total. The Balaban J connectivity index is 2.69. The molecule has 0 fully saturated rings. The summed E-state index contributed by atoms with van der Waals surface area (Å²) in [4.78, 5) is 18.2. The molecular formula is C8H10N2O3. The third-order valence-electron chi connectivity index (χ3n) is 1.40. The number of nitrogens with zero attached hydrogens (tertiary/aromatic N) is 2. The van der Waals surface area contributed by atoms with Crippen molar-refractivity contribution >= 4 is 5.97 Å². The molecule has 1 unspecified atom stereocenters. The predicted octanol–water partition coefficient (Wildman–Crippen LogP) is 0.637. The van der Waals surface area contributed by atoms with Crippen LogP contribution in [0.15, 0.2) is 12.3 Å². The van der Waals surface area contributed by atoms with Crippen molar-refractivity contribution in [1.29, 1.82) is 0 Å². The van der Waals surface area contributed by atoms with Crippen LogP contribution in [-0.2, 0) is 4.79 Å². The molecule has 70 valence electrons. The minimum Gasteiger partial charge on any atom is -0.479 e. The fourth-order valence-corrected chi connectivity index (χ4v) is 0.732. The summed E-state index contributed by atoms with van der Waals surface area (Å²) >= 11 is 0. The Morgan fingerprint density at radius 1 is 1.69 bits per heavy atom. The van der Waals surface area contributed by atoms with Gasteiger partial charge in [0.25, 0.3) is 0 Å². The first-order valence-corrected chi connectivity index (χ1v) is 3.78. The van der Waals surface area contributed by atoms with E-state index in [4.69, 9.17) is 9.84 Å². The minimum absolute atomic E-state index is 0.280. The van der Waals surface area contributed by atoms with Crippen molar-refractivity contribution in [3.05, 3.63) is 18.1 Å². The van der Waals surface area contributed by atoms with Crippen molar-refractivity contribution in [2.75, 3.05) is 0 Å². The second-order valence-electron chi connectivity index (χ2n) is 2.54. The molecule has 13 heavy (non-hydrogen) atoms. The van der Waals surface area contributed by atoms with Gasteiger partial charge in [-0.25, -0.2) is 9.78 Å². The van der Waals surface area contributed by atoms with Gasteiger partial charge in [0.1, 0.15) is 5.82 Å². The van der Waals surface area contributed by atoms with Gasteiger partial charge in [-0.2, -0.15) is 4.98 Å². The zero-order chi connectivity index (χ0) is 9.84. The van der Waals surface area contributed by atoms with Crippen molar-refractivity contribution < 1.29 is 14.6 Å². The largest absolute Gasteiger partial charge is 0.479 e. The number of hydrogen-bond donors (Lipinski definition) is 1. The van der Waals surface area contributed by atoms with Crippen molar-refractivity contribution in [2.24, 2.45) is 0 Å². The number of aliphatic carboxylic acids is 1. The highest BCUT2D eigenvalue weighted by Crippen LogP contribution is 2.06. The first-order chi connectivity index (χ1) is 6.09. The van der Waals surface area contributed by atoms with Crippen molar-refractivity contribution in [2.45, 2.75) is 20.0 Å². The molecule has 5 nitrogen and oxygen atoms in total. The van der Waals surface area contributed by atoms with E-state index >= 15 is 0 Å². The number of aryl methyl sites for hydroxylation is 1. The molecule has 0 aliphatic rings. The lowest BCUT2D eigenvalue weighted by Crippen LogP contribution is -2.23. The molecule has 0 aliphatic heterocycles. The summed E-state index contributed by atoms with van der Waals surface area (Å²) in [7, 11) is 0. The van der Waals surface area contributed by atoms with E-state index in [1.165, 1.54) is 19.2 Å². The molecule has 0 bridgehead atoms. The van der Waals surface area contributed by atoms with Crippen LogP contribution in [-0.4, -0.2) is 27.1 Å². The summed E-state index contributed by atoms with van der Waals surface area (Å²) in [5, 5.41) is 8.54. The molecule has 1 rings (SSSR count). The average molecular weight is 182 g/mol. The molecule has 0 saturated heterocycles. The molecule has 5 heteroatoms. The molecule has 1 heterocycles. The number of carbonyl (C=O) groups is 1. The summed E-state index contributed by atoms with van der Waals surface area (Å²) in [5.41, 5.74) is 0. The van der Waals surface area contributed by atoms with Crippen LogP contribution in [0.4, 0.5) is 0 Å². The van der Waals surface area contributed by atoms with Crippen molar-refractivity contribution in [3.8, 4) is 5.88 Å². The highest BCUT2D eigenvalue weighted by Gasteiger charge is 2.12. The van der Waals surface area contributed by atoms with Gasteiger partial charge in [-0.15, -0.1) is 0 Å². The van der Waals surface area contributed by atoms with Crippen LogP contribution in [0.5, 0.6) is 5.88 Å². The Morgan fingerprint density at radius 3 is 2.92 bits per heavy atom. The Bertz CT molecular complexity index is 314. The smallest absolute Gasteiger partial charge is 0.344 e. The van der Waals surface area contributed by atoms with E-state index in [-0.39, 0.29) is 5.88 Å². The lowest BCUT2D eigenvalue weighted by atomic mass is 10.4. The third kappa shape index (κ3) is 2.70. The lowest BCUT2D eigenvalue weighted by molar-refractivity contribution is -0.144. The molecule has 0 radical (unpaired) electrons. The van der Waals surface area contributed by atoms with E-state index < -0.39 is 12.1 Å². The second kappa shape index (κ2) is 3.84. The van der Waals surface area contributed by atoms with E-state index in [1.807, 2.05) is 0 Å². The molecule has 0 saturated carbocycles. The monoisotopic (exact) mass is 182 g/mol. The number of ether oxygens (including phenoxy) is 1. The lowest BCUT2D eigenvalue weighted by Gasteiger charge is -2.08. The van der Waals surface area contributed by atoms with Gasteiger partial charge >= 0.3 is 5.97 Å². The summed E-state index contributed by atoms with van der Waals surface area (Å²) in [6.45, 7) is 3.15. The topological polar surface area (TPSA) is 72.3 Å². The third-order valence-corrected chi connectivity index (χ3v) is 1.40. The molecular weight excluding hydrogens is 172 g/mol. The van der Waals surface area contributed by atoms with Gasteiger partial charge < -0.3 is 9.84 Å². The van der Waals surface area contributed by atoms with Gasteiger partial charge in [0.05, 0.1) is 0 Å². The fraction of sp³-hybridized carbons (Fsp3) is 0.375. The summed E-state index contributed by atoms with van der Waals surface area (Å²) in [6.07, 6.45) is 0.626. The van der Waals surface area contributed by atoms with E-state index in [0.717, 1.165) is 0 Å². The highest BCUT2D eigenvalue weighted by molar-refractivity contribution is 5.72. The summed E-state index contributed by atoms with van der Waals surface area (Å²) in [5.74, 6) is -0.186. The van der Waals surface area contributed by atoms with Crippen molar-refractivity contribution in [1.82, 2.24) is 9.97 Å². The number of rotatable bonds is 3. The van der Waals surface area contributed by atoms with E-state index in [1.54, 1.807) is 6.92 Å². The standard InChI is InChI=1S/C8H10N2O3/c1-5(8(11)12)13-7-3-4-9-6(2)10-7/h3-5H,1-2H3,(H,11,12). The maximum Gasteiger partial charge on any atom is 0.344 e. The quantitative estimate of drug-likeness (QED) is 0.742. The molecule has 1 aromatic heterocycles. The van der Waals surface area contributed by atoms with E-state index in [9.17, 15) is 4.79 Å². The van der Waals surface area contributed by atoms with Gasteiger partial charge in [-0.1, -0.05) is 0 Å². The Kier molecular flexibility index (Phi) is 2.79. The van der Waals surface area contributed by atoms with Crippen LogP contribution < -0.4 is 4.74 Å². The van der Waals surface area contributed by atoms with Crippen LogP contribution in [0.2, 0.25) is 0 Å². The normalized spacial score (nSPS) is 12.2. The van der Waals surface area contributed by atoms with Crippen LogP contribution in [0.1, 0.15) is 12.7 Å². The molecule has 1 aromatic rings. The maximum atomic E-state index is 10.4. The molecule has 0 spiro atoms. The zero-order valence-electron chi connectivity index (χ0n) is 7.39. The van der Waals surface area contributed by atoms with Gasteiger partial charge in [0.2, 0.25) is 5.88 Å². The van der Waals surface area contributed by atoms with Gasteiger partial charge in [0.15, 0.2) is 6.10 Å². The minimum atomic E-state index is -1.02. The second-order valence-corrected chi connectivity index (χ2v) is 2.54. The molecule has 0 aromatic carbocycles. The Morgan fingerprint density at radius 2 is 2.38 bits per heavy atom. The van der Waals surface area contributed by atoms with Crippen LogP contribution in [0.25, 0.3) is 0 Å². The predicted molar refractivity (Wildman–Crippen MR) is 44.5 cm³/mol. The van der Waals surface area contributed by atoms with Gasteiger partial charge in [-0.3, -0.25) is 0 Å². The number of aromatic nitrogens is 2. The highest BCUT2D eigenvalue weighted by atomic mass is 16.5. The van der Waals surface area contributed by atoms with Crippen LogP contribution >= 0.6 is 0 Å². The van der Waals surface area contributed by atoms with Crippen LogP contribution in [0.3, 0.4) is 0 Å². The summed E-state index contributed by atoms with van der Waals surface area (Å²) in [6, 6.07) is 1.52. The molecule has 0 aliphatic carbocycles. The zero-order valence-corrected chi connectivity index (χ0v) is 7.39. The first-order valence-electron chi connectivity index (χ1n) is 3.78. The Labute approximate surface area is 75.4 Å². The van der Waals surface area contributed by atoms with E-state index in [0.29, 0.717) is 5.82 Å². The number of carboxylic acid groups (broad SMARTS) is 1. The average Bonchev–Trinajstić information content (AvgIpc) is 2.04. The maximum absolute atomic E-state index is 10.4. The first kappa shape index (κ1) is 9.44. The fourth-order valence-electron chi connectivity index (χ4n) is 0.732. The van der Waals surface area contributed by atoms with Crippen LogP contribution in [0, 0.1) is 6.92 Å².